The second-order valence-electron chi connectivity index (χ2n) is 8.90. The largest absolute Gasteiger partial charge is 0.508 e. The molecule has 4 unspecified atom stereocenters. The van der Waals surface area contributed by atoms with Gasteiger partial charge in [-0.1, -0.05) is 12.1 Å². The molecule has 16 heteroatoms. The summed E-state index contributed by atoms with van der Waals surface area (Å²) >= 11 is 1.42. The Morgan fingerprint density at radius 2 is 1.48 bits per heavy atom. The first-order valence-corrected chi connectivity index (χ1v) is 13.7. The molecule has 4 atom stereocenters. The normalized spacial score (nSPS) is 13.7. The van der Waals surface area contributed by atoms with Crippen molar-refractivity contribution in [3.8, 4) is 5.75 Å². The summed E-state index contributed by atoms with van der Waals surface area (Å²) in [5.41, 5.74) is 21.9. The summed E-state index contributed by atoms with van der Waals surface area (Å²) in [5.74, 6) is -4.03. The van der Waals surface area contributed by atoms with E-state index in [1.165, 1.54) is 23.9 Å². The fourth-order valence-electron chi connectivity index (χ4n) is 3.48. The number of hydrogen-bond donors (Lipinski definition) is 9. The fraction of sp³-hybridized carbons (Fsp3) is 0.500. The van der Waals surface area contributed by atoms with E-state index in [2.05, 4.69) is 20.9 Å². The van der Waals surface area contributed by atoms with Gasteiger partial charge in [-0.25, -0.2) is 4.79 Å². The number of amides is 4. The summed E-state index contributed by atoms with van der Waals surface area (Å²) in [6, 6.07) is 0.972. The summed E-state index contributed by atoms with van der Waals surface area (Å²) in [4.78, 5) is 65.6. The van der Waals surface area contributed by atoms with E-state index < -0.39 is 60.2 Å². The van der Waals surface area contributed by atoms with Crippen LogP contribution in [0.2, 0.25) is 0 Å². The molecule has 0 aromatic heterocycles. The number of guanidine groups is 1. The molecule has 0 saturated heterocycles. The number of nitrogens with two attached hydrogens (primary N) is 4. The highest BCUT2D eigenvalue weighted by Gasteiger charge is 2.30. The van der Waals surface area contributed by atoms with E-state index in [4.69, 9.17) is 22.9 Å². The third-order valence-electron chi connectivity index (χ3n) is 5.57. The molecule has 0 radical (unpaired) electrons. The Morgan fingerprint density at radius 3 is 2.02 bits per heavy atom. The van der Waals surface area contributed by atoms with Crippen LogP contribution in [0.1, 0.15) is 31.2 Å². The standard InChI is InChI=1S/C24H38N8O7S/c1-40-10-8-16(30-20(35)15(25)12-19(26)34)21(36)32-18(11-13-4-6-14(33)7-5-13)22(37)31-17(23(38)39)3-2-9-29-24(27)28/h4-7,15-18,33H,2-3,8-12,25H2,1H3,(H2,26,34)(H,30,35)(H,31,37)(H,32,36)(H,38,39)(H4,27,28,29). The zero-order chi connectivity index (χ0) is 30.2. The van der Waals surface area contributed by atoms with Crippen LogP contribution in [0.4, 0.5) is 0 Å². The van der Waals surface area contributed by atoms with Gasteiger partial charge < -0.3 is 49.1 Å². The number of carboxylic acids is 1. The molecule has 4 amide bonds. The van der Waals surface area contributed by atoms with E-state index >= 15 is 0 Å². The van der Waals surface area contributed by atoms with E-state index in [1.807, 2.05) is 0 Å². The van der Waals surface area contributed by atoms with E-state index in [0.29, 0.717) is 11.3 Å². The average molecular weight is 583 g/mol. The molecule has 0 heterocycles. The van der Waals surface area contributed by atoms with E-state index in [-0.39, 0.29) is 43.9 Å². The number of carbonyl (C=O) groups is 5. The first-order chi connectivity index (χ1) is 18.8. The van der Waals surface area contributed by atoms with Crippen LogP contribution in [0.3, 0.4) is 0 Å². The molecule has 0 spiro atoms. The van der Waals surface area contributed by atoms with Gasteiger partial charge in [-0.15, -0.1) is 0 Å². The third-order valence-corrected chi connectivity index (χ3v) is 6.21. The number of phenols is 1. The number of thioether (sulfide) groups is 1. The molecule has 0 aliphatic carbocycles. The second kappa shape index (κ2) is 17.5. The molecular formula is C24H38N8O7S. The van der Waals surface area contributed by atoms with Crippen molar-refractivity contribution in [2.75, 3.05) is 18.6 Å². The number of carbonyl (C=O) groups excluding carboxylic acids is 4. The van der Waals surface area contributed by atoms with Gasteiger partial charge in [0.05, 0.1) is 12.5 Å². The van der Waals surface area contributed by atoms with E-state index in [0.717, 1.165) is 0 Å². The lowest BCUT2D eigenvalue weighted by molar-refractivity contribution is -0.142. The van der Waals surface area contributed by atoms with Crippen molar-refractivity contribution in [1.29, 1.82) is 0 Å². The van der Waals surface area contributed by atoms with Gasteiger partial charge in [-0.05, 0) is 49.0 Å². The summed E-state index contributed by atoms with van der Waals surface area (Å²) in [5, 5.41) is 26.7. The fourth-order valence-corrected chi connectivity index (χ4v) is 3.95. The molecule has 0 aliphatic heterocycles. The average Bonchev–Trinajstić information content (AvgIpc) is 2.87. The van der Waals surface area contributed by atoms with Gasteiger partial charge in [0.15, 0.2) is 5.96 Å². The van der Waals surface area contributed by atoms with Crippen molar-refractivity contribution >= 4 is 47.3 Å². The van der Waals surface area contributed by atoms with Crippen LogP contribution in [0.5, 0.6) is 5.75 Å². The summed E-state index contributed by atoms with van der Waals surface area (Å²) in [6.45, 7) is 0.157. The summed E-state index contributed by atoms with van der Waals surface area (Å²) < 4.78 is 0. The predicted molar refractivity (Wildman–Crippen MR) is 150 cm³/mol. The number of carboxylic acid groups (broad SMARTS) is 1. The van der Waals surface area contributed by atoms with Crippen LogP contribution >= 0.6 is 11.8 Å². The van der Waals surface area contributed by atoms with E-state index in [1.54, 1.807) is 18.4 Å². The van der Waals surface area contributed by atoms with Crippen LogP contribution in [-0.2, 0) is 30.4 Å². The number of hydrogen-bond acceptors (Lipinski definition) is 9. The molecule has 1 aromatic rings. The highest BCUT2D eigenvalue weighted by molar-refractivity contribution is 7.98. The van der Waals surface area contributed by atoms with Crippen molar-refractivity contribution in [3.63, 3.8) is 0 Å². The summed E-state index contributed by atoms with van der Waals surface area (Å²) in [7, 11) is 0. The van der Waals surface area contributed by atoms with Crippen molar-refractivity contribution in [2.45, 2.75) is 56.3 Å². The minimum atomic E-state index is -1.29. The Balaban J connectivity index is 3.12. The lowest BCUT2D eigenvalue weighted by Crippen LogP contribution is -2.58. The van der Waals surface area contributed by atoms with Crippen molar-refractivity contribution in [1.82, 2.24) is 16.0 Å². The SMILES string of the molecule is CSCCC(NC(=O)C(N)CC(N)=O)C(=O)NC(Cc1ccc(O)cc1)C(=O)NC(CCCN=C(N)N)C(=O)O. The van der Waals surface area contributed by atoms with Gasteiger partial charge in [-0.2, -0.15) is 11.8 Å². The maximum absolute atomic E-state index is 13.2. The molecule has 0 saturated carbocycles. The number of benzene rings is 1. The molecule has 0 bridgehead atoms. The molecule has 1 rings (SSSR count). The molecule has 0 aliphatic rings. The summed E-state index contributed by atoms with van der Waals surface area (Å²) in [6.07, 6.45) is 1.78. The molecule has 1 aromatic carbocycles. The quantitative estimate of drug-likeness (QED) is 0.0495. The van der Waals surface area contributed by atoms with Crippen LogP contribution < -0.4 is 38.9 Å². The number of primary amides is 1. The molecule has 40 heavy (non-hydrogen) atoms. The minimum absolute atomic E-state index is 0.00681. The Bertz CT molecular complexity index is 1050. The van der Waals surface area contributed by atoms with Crippen LogP contribution in [-0.4, -0.2) is 88.5 Å². The molecule has 222 valence electrons. The van der Waals surface area contributed by atoms with Gasteiger partial charge in [-0.3, -0.25) is 24.2 Å². The number of aliphatic carboxylic acids is 1. The molecular weight excluding hydrogens is 544 g/mol. The second-order valence-corrected chi connectivity index (χ2v) is 9.89. The smallest absolute Gasteiger partial charge is 0.326 e. The number of aromatic hydroxyl groups is 1. The molecule has 0 fully saturated rings. The number of nitrogens with zero attached hydrogens (tertiary/aromatic N) is 1. The monoisotopic (exact) mass is 582 g/mol. The Labute approximate surface area is 235 Å². The third kappa shape index (κ3) is 13.1. The highest BCUT2D eigenvalue weighted by atomic mass is 32.2. The maximum Gasteiger partial charge on any atom is 0.326 e. The maximum atomic E-state index is 13.2. The Kier molecular flexibility index (Phi) is 14.9. The highest BCUT2D eigenvalue weighted by Crippen LogP contribution is 2.12. The lowest BCUT2D eigenvalue weighted by atomic mass is 10.0. The van der Waals surface area contributed by atoms with E-state index in [9.17, 15) is 34.2 Å². The minimum Gasteiger partial charge on any atom is -0.508 e. The number of phenolic OH excluding ortho intramolecular Hbond substituents is 1. The van der Waals surface area contributed by atoms with Crippen molar-refractivity contribution < 1.29 is 34.2 Å². The Morgan fingerprint density at radius 1 is 0.900 bits per heavy atom. The van der Waals surface area contributed by atoms with Crippen LogP contribution in [0, 0.1) is 0 Å². The number of aliphatic imine (C=N–C) groups is 1. The van der Waals surface area contributed by atoms with Gasteiger partial charge in [0, 0.05) is 13.0 Å². The molecule has 13 N–H and O–H groups in total. The van der Waals surface area contributed by atoms with Gasteiger partial charge in [0.2, 0.25) is 23.6 Å². The number of rotatable bonds is 18. The van der Waals surface area contributed by atoms with Gasteiger partial charge in [0.1, 0.15) is 23.9 Å². The first kappa shape index (κ1) is 34.0. The first-order valence-electron chi connectivity index (χ1n) is 12.3. The van der Waals surface area contributed by atoms with Crippen LogP contribution in [0.25, 0.3) is 0 Å². The predicted octanol–water partition coefficient (Wildman–Crippen LogP) is -2.52. The zero-order valence-corrected chi connectivity index (χ0v) is 23.0. The Hall–Kier alpha value is -4.05. The number of nitrogens with one attached hydrogen (secondary N) is 3. The topological polar surface area (TPSA) is 278 Å². The van der Waals surface area contributed by atoms with Crippen LogP contribution in [0.15, 0.2) is 29.3 Å². The lowest BCUT2D eigenvalue weighted by Gasteiger charge is -2.25. The van der Waals surface area contributed by atoms with Gasteiger partial charge in [0.25, 0.3) is 0 Å². The molecule has 15 nitrogen and oxygen atoms in total. The zero-order valence-electron chi connectivity index (χ0n) is 22.2. The van der Waals surface area contributed by atoms with Crippen molar-refractivity contribution in [2.24, 2.45) is 27.9 Å². The van der Waals surface area contributed by atoms with Gasteiger partial charge >= 0.3 is 5.97 Å². The van der Waals surface area contributed by atoms with Crippen molar-refractivity contribution in [3.05, 3.63) is 29.8 Å².